The summed E-state index contributed by atoms with van der Waals surface area (Å²) in [5, 5.41) is 6.11. The van der Waals surface area contributed by atoms with Gasteiger partial charge in [-0.25, -0.2) is 26.4 Å². The number of alkyl halides is 3. The molecule has 5 aromatic rings. The predicted octanol–water partition coefficient (Wildman–Crippen LogP) is 9.30. The van der Waals surface area contributed by atoms with E-state index in [4.69, 9.17) is 11.6 Å². The summed E-state index contributed by atoms with van der Waals surface area (Å²) in [4.78, 5) is 51.7. The molecule has 3 atom stereocenters. The molecule has 0 radical (unpaired) electrons. The number of anilines is 3. The Balaban J connectivity index is 0.783. The summed E-state index contributed by atoms with van der Waals surface area (Å²) in [5.41, 5.74) is 0.342. The zero-order chi connectivity index (χ0) is 57.3. The number of sulfonamides is 1. The van der Waals surface area contributed by atoms with E-state index in [1.54, 1.807) is 24.5 Å². The fourth-order valence-electron chi connectivity index (χ4n) is 11.7. The van der Waals surface area contributed by atoms with Crippen LogP contribution in [0.5, 0.6) is 0 Å². The standard InChI is InChI=1S/C58H65ClF3N9O7S3/c1-57(2)21-18-51(40-8-12-43(59)13-9-40)42(31-57)35-67-24-26-68(27-25-67)45-14-10-41(11-15-45)55(73)66-81(77,78)50-16-17-52(53(30-50)80(75,76)58(60,61)62)64-44(38-79-49-6-4-3-5-7-49)19-22-69-36-48-29-47(69)37-70(48)34-39-28-46(33-63-32-39)71-23-20-54(72)65-56(71)74/h3-17,28,30,32-33,44,47-48,64H,18-27,29,31,34-38H2,1-2H3,(H,66,73)(H,65,72,74)/t44-,47-,48-/m1/s1. The molecule has 0 unspecified atom stereocenters. The highest BCUT2D eigenvalue weighted by atomic mass is 35.5. The summed E-state index contributed by atoms with van der Waals surface area (Å²) in [5.74, 6) is -1.04. The Kier molecular flexibility index (Phi) is 17.3. The van der Waals surface area contributed by atoms with Crippen molar-refractivity contribution in [2.24, 2.45) is 5.41 Å². The van der Waals surface area contributed by atoms with Crippen LogP contribution in [0, 0.1) is 5.41 Å². The number of likely N-dealkylation sites (tertiary alicyclic amines) is 2. The minimum absolute atomic E-state index is 0.0193. The topological polar surface area (TPSA) is 185 Å². The first-order valence-electron chi connectivity index (χ1n) is 27.1. The van der Waals surface area contributed by atoms with Crippen LogP contribution in [-0.2, 0) is 31.2 Å². The van der Waals surface area contributed by atoms with Gasteiger partial charge in [-0.15, -0.1) is 11.8 Å². The number of imide groups is 1. The number of nitrogens with one attached hydrogen (secondary N) is 3. The summed E-state index contributed by atoms with van der Waals surface area (Å²) >= 11 is 7.65. The zero-order valence-electron chi connectivity index (χ0n) is 45.0. The third-order valence-electron chi connectivity index (χ3n) is 16.0. The number of sulfone groups is 1. The number of nitrogens with zero attached hydrogens (tertiary/aromatic N) is 6. The van der Waals surface area contributed by atoms with Gasteiger partial charge in [-0.3, -0.25) is 39.5 Å². The number of hydrogen-bond acceptors (Lipinski definition) is 14. The van der Waals surface area contributed by atoms with Crippen LogP contribution < -0.4 is 25.2 Å². The van der Waals surface area contributed by atoms with E-state index >= 15 is 0 Å². The van der Waals surface area contributed by atoms with Crippen molar-refractivity contribution in [1.82, 2.24) is 29.7 Å². The van der Waals surface area contributed by atoms with Crippen molar-refractivity contribution in [3.63, 3.8) is 0 Å². The molecular formula is C58H65ClF3N9O7S3. The predicted molar refractivity (Wildman–Crippen MR) is 309 cm³/mol. The van der Waals surface area contributed by atoms with Gasteiger partial charge in [-0.05, 0) is 127 Å². The van der Waals surface area contributed by atoms with Crippen LogP contribution in [0.25, 0.3) is 5.57 Å². The van der Waals surface area contributed by atoms with E-state index in [9.17, 15) is 44.4 Å². The van der Waals surface area contributed by atoms with Crippen LogP contribution in [0.2, 0.25) is 5.02 Å². The van der Waals surface area contributed by atoms with Crippen molar-refractivity contribution in [3.05, 3.63) is 143 Å². The molecule has 2 bridgehead atoms. The first-order valence-corrected chi connectivity index (χ1v) is 31.4. The number of benzene rings is 4. The van der Waals surface area contributed by atoms with Gasteiger partial charge in [-0.1, -0.05) is 61.4 Å². The molecule has 81 heavy (non-hydrogen) atoms. The molecule has 5 aliphatic rings. The van der Waals surface area contributed by atoms with Gasteiger partial charge < -0.3 is 10.2 Å². The summed E-state index contributed by atoms with van der Waals surface area (Å²) in [6, 6.07) is 27.5. The van der Waals surface area contributed by atoms with Crippen LogP contribution in [-0.4, -0.2) is 143 Å². The number of pyridine rings is 1. The van der Waals surface area contributed by atoms with Crippen LogP contribution >= 0.6 is 23.4 Å². The second kappa shape index (κ2) is 24.1. The van der Waals surface area contributed by atoms with E-state index in [-0.39, 0.29) is 41.9 Å². The fourth-order valence-corrected chi connectivity index (χ4v) is 14.8. The molecule has 3 N–H and O–H groups in total. The number of aromatic nitrogens is 1. The van der Waals surface area contributed by atoms with Crippen LogP contribution in [0.3, 0.4) is 0 Å². The molecule has 5 heterocycles. The monoisotopic (exact) mass is 1190 g/mol. The second-order valence-electron chi connectivity index (χ2n) is 22.3. The highest BCUT2D eigenvalue weighted by Crippen LogP contribution is 2.43. The third kappa shape index (κ3) is 13.8. The first kappa shape index (κ1) is 58.2. The normalized spacial score (nSPS) is 20.6. The fraction of sp³-hybridized carbons (Fsp3) is 0.414. The number of allylic oxidation sites excluding steroid dienone is 1. The van der Waals surface area contributed by atoms with Gasteiger partial charge in [0.25, 0.3) is 25.8 Å². The number of amides is 4. The Hall–Kier alpha value is -6.01. The lowest BCUT2D eigenvalue weighted by atomic mass is 9.73. The largest absolute Gasteiger partial charge is 0.501 e. The number of halogens is 4. The molecule has 10 rings (SSSR count). The molecule has 4 aliphatic heterocycles. The Morgan fingerprint density at radius 3 is 2.25 bits per heavy atom. The van der Waals surface area contributed by atoms with E-state index in [1.807, 2.05) is 53.3 Å². The number of fused-ring (bicyclic) bond motifs is 2. The quantitative estimate of drug-likeness (QED) is 0.0665. The zero-order valence-corrected chi connectivity index (χ0v) is 48.2. The van der Waals surface area contributed by atoms with Crippen molar-refractivity contribution in [2.45, 2.75) is 97.2 Å². The first-order chi connectivity index (χ1) is 38.6. The van der Waals surface area contributed by atoms with Crippen molar-refractivity contribution in [3.8, 4) is 0 Å². The minimum Gasteiger partial charge on any atom is -0.380 e. The summed E-state index contributed by atoms with van der Waals surface area (Å²) in [6.45, 7) is 11.4. The molecule has 0 spiro atoms. The number of rotatable bonds is 19. The van der Waals surface area contributed by atoms with Gasteiger partial charge in [0, 0.05) is 123 Å². The third-order valence-corrected chi connectivity index (χ3v) is 20.3. The van der Waals surface area contributed by atoms with Crippen LogP contribution in [0.1, 0.15) is 73.9 Å². The molecule has 16 nitrogen and oxygen atoms in total. The lowest BCUT2D eigenvalue weighted by molar-refractivity contribution is -0.120. The van der Waals surface area contributed by atoms with Crippen LogP contribution in [0.4, 0.5) is 35.0 Å². The van der Waals surface area contributed by atoms with Gasteiger partial charge in [0.2, 0.25) is 5.91 Å². The molecule has 4 aromatic carbocycles. The number of hydrogen-bond donors (Lipinski definition) is 3. The molecule has 4 saturated heterocycles. The van der Waals surface area contributed by atoms with Gasteiger partial charge in [0.05, 0.1) is 22.5 Å². The van der Waals surface area contributed by atoms with Crippen LogP contribution in [0.15, 0.2) is 136 Å². The van der Waals surface area contributed by atoms with Gasteiger partial charge in [0.15, 0.2) is 0 Å². The molecule has 4 amide bonds. The van der Waals surface area contributed by atoms with Crippen molar-refractivity contribution >= 4 is 83.7 Å². The molecule has 1 aromatic heterocycles. The lowest BCUT2D eigenvalue weighted by Crippen LogP contribution is -2.49. The molecule has 0 saturated carbocycles. The molecule has 1 aliphatic carbocycles. The maximum Gasteiger partial charge on any atom is 0.501 e. The Morgan fingerprint density at radius 2 is 1.56 bits per heavy atom. The number of piperazine rings is 2. The van der Waals surface area contributed by atoms with Crippen molar-refractivity contribution in [1.29, 1.82) is 0 Å². The number of urea groups is 1. The van der Waals surface area contributed by atoms with E-state index in [2.05, 4.69) is 61.2 Å². The van der Waals surface area contributed by atoms with Crippen molar-refractivity contribution < 1.29 is 44.4 Å². The Labute approximate surface area is 480 Å². The van der Waals surface area contributed by atoms with Gasteiger partial charge in [0.1, 0.15) is 4.90 Å². The highest BCUT2D eigenvalue weighted by Gasteiger charge is 2.49. The van der Waals surface area contributed by atoms with E-state index < -0.39 is 58.8 Å². The maximum atomic E-state index is 14.5. The van der Waals surface area contributed by atoms with E-state index in [1.165, 1.54) is 45.5 Å². The number of thioether (sulfide) groups is 1. The SMILES string of the molecule is CC1(C)CCC(c2ccc(Cl)cc2)=C(CN2CCN(c3ccc(C(=O)NS(=O)(=O)c4ccc(N[C@H](CCN5C[C@H]6C[C@@H]5CN6Cc5cncc(N6CCC(=O)NC6=O)c5)CSc5ccccc5)c(S(=O)(=O)C(F)(F)F)c4)cc3)CC2)C1. The second-order valence-corrected chi connectivity index (χ2v) is 27.4. The Morgan fingerprint density at radius 1 is 0.840 bits per heavy atom. The van der Waals surface area contributed by atoms with E-state index in [0.29, 0.717) is 48.6 Å². The smallest absolute Gasteiger partial charge is 0.380 e. The number of carbonyl (C=O) groups excluding carboxylic acids is 3. The number of carbonyl (C=O) groups is 3. The van der Waals surface area contributed by atoms with E-state index in [0.717, 1.165) is 93.2 Å². The highest BCUT2D eigenvalue weighted by molar-refractivity contribution is 7.99. The molecule has 23 heteroatoms. The molecular weight excluding hydrogens is 1120 g/mol. The average Bonchev–Trinajstić information content (AvgIpc) is 4.04. The van der Waals surface area contributed by atoms with Gasteiger partial charge >= 0.3 is 11.5 Å². The summed E-state index contributed by atoms with van der Waals surface area (Å²) in [6.07, 6.45) is 7.94. The summed E-state index contributed by atoms with van der Waals surface area (Å²) in [7, 11) is -11.0. The molecule has 430 valence electrons. The molecule has 4 fully saturated rings. The van der Waals surface area contributed by atoms with Crippen molar-refractivity contribution in [2.75, 3.05) is 79.8 Å². The van der Waals surface area contributed by atoms with Gasteiger partial charge in [-0.2, -0.15) is 13.2 Å². The summed E-state index contributed by atoms with van der Waals surface area (Å²) < 4.78 is 99.8. The Bertz CT molecular complexity index is 3400. The maximum absolute atomic E-state index is 14.5. The minimum atomic E-state index is -6.13. The lowest BCUT2D eigenvalue weighted by Gasteiger charge is -2.39. The average molecular weight is 1190 g/mol.